The molecule has 2 heterocycles. The number of amides is 1. The molecular formula is C14H19N3O3. The van der Waals surface area contributed by atoms with Gasteiger partial charge in [-0.25, -0.2) is 0 Å². The van der Waals surface area contributed by atoms with Crippen molar-refractivity contribution in [3.63, 3.8) is 0 Å². The number of aromatic nitrogens is 1. The molecule has 1 amide bonds. The normalized spacial score (nSPS) is 13.9. The van der Waals surface area contributed by atoms with Crippen LogP contribution in [0.5, 0.6) is 0 Å². The van der Waals surface area contributed by atoms with Crippen LogP contribution in [0.4, 0.5) is 0 Å². The van der Waals surface area contributed by atoms with Crippen LogP contribution < -0.4 is 10.6 Å². The van der Waals surface area contributed by atoms with Gasteiger partial charge in [0.05, 0.1) is 0 Å². The minimum absolute atomic E-state index is 0.225. The zero-order valence-corrected chi connectivity index (χ0v) is 11.3. The van der Waals surface area contributed by atoms with Crippen LogP contribution in [0, 0.1) is 0 Å². The van der Waals surface area contributed by atoms with Crippen molar-refractivity contribution in [3.05, 3.63) is 42.1 Å². The van der Waals surface area contributed by atoms with Crippen LogP contribution in [0.2, 0.25) is 0 Å². The van der Waals surface area contributed by atoms with Crippen molar-refractivity contribution in [3.8, 4) is 0 Å². The van der Waals surface area contributed by atoms with Crippen LogP contribution >= 0.6 is 0 Å². The summed E-state index contributed by atoms with van der Waals surface area (Å²) in [6.45, 7) is 3.12. The van der Waals surface area contributed by atoms with Gasteiger partial charge in [-0.2, -0.15) is 0 Å². The molecule has 2 N–H and O–H groups in total. The van der Waals surface area contributed by atoms with Gasteiger partial charge in [0.25, 0.3) is 5.91 Å². The first-order chi connectivity index (χ1) is 9.86. The van der Waals surface area contributed by atoms with Crippen molar-refractivity contribution in [1.29, 1.82) is 0 Å². The van der Waals surface area contributed by atoms with E-state index in [4.69, 9.17) is 9.47 Å². The predicted octanol–water partition coefficient (Wildman–Crippen LogP) is 0.566. The molecule has 0 atom stereocenters. The Morgan fingerprint density at radius 3 is 3.05 bits per heavy atom. The van der Waals surface area contributed by atoms with E-state index >= 15 is 0 Å². The van der Waals surface area contributed by atoms with Crippen molar-refractivity contribution in [1.82, 2.24) is 15.6 Å². The van der Waals surface area contributed by atoms with Crippen LogP contribution in [-0.2, 0) is 20.8 Å². The Balaban J connectivity index is 1.53. The van der Waals surface area contributed by atoms with Gasteiger partial charge in [0.2, 0.25) is 5.76 Å². The molecule has 1 aromatic heterocycles. The fourth-order valence-electron chi connectivity index (χ4n) is 1.73. The highest BCUT2D eigenvalue weighted by Gasteiger charge is 2.13. The molecule has 0 spiro atoms. The van der Waals surface area contributed by atoms with Crippen molar-refractivity contribution < 1.29 is 14.3 Å². The molecule has 0 bridgehead atoms. The Hall–Kier alpha value is -2.08. The second kappa shape index (κ2) is 8.16. The van der Waals surface area contributed by atoms with Gasteiger partial charge in [0, 0.05) is 25.5 Å². The Morgan fingerprint density at radius 1 is 1.35 bits per heavy atom. The minimum Gasteiger partial charge on any atom is -0.494 e. The average Bonchev–Trinajstić information content (AvgIpc) is 2.52. The fraction of sp³-hybridized carbons (Fsp3) is 0.429. The minimum atomic E-state index is -0.225. The van der Waals surface area contributed by atoms with Crippen LogP contribution in [0.15, 0.2) is 36.5 Å². The van der Waals surface area contributed by atoms with Crippen molar-refractivity contribution in [2.45, 2.75) is 13.0 Å². The number of hydrogen-bond acceptors (Lipinski definition) is 5. The van der Waals surface area contributed by atoms with Gasteiger partial charge in [-0.3, -0.25) is 9.78 Å². The summed E-state index contributed by atoms with van der Waals surface area (Å²) in [4.78, 5) is 15.7. The summed E-state index contributed by atoms with van der Waals surface area (Å²) in [7, 11) is 0. The van der Waals surface area contributed by atoms with E-state index in [0.29, 0.717) is 19.8 Å². The zero-order valence-electron chi connectivity index (χ0n) is 11.3. The second-order valence-electron chi connectivity index (χ2n) is 4.35. The third kappa shape index (κ3) is 4.89. The number of hydrogen-bond donors (Lipinski definition) is 2. The maximum atomic E-state index is 11.6. The van der Waals surface area contributed by atoms with Gasteiger partial charge in [0.15, 0.2) is 0 Å². The topological polar surface area (TPSA) is 72.5 Å². The molecular weight excluding hydrogens is 258 g/mol. The first-order valence-electron chi connectivity index (χ1n) is 6.68. The van der Waals surface area contributed by atoms with E-state index in [0.717, 1.165) is 25.1 Å². The molecule has 0 aromatic carbocycles. The summed E-state index contributed by atoms with van der Waals surface area (Å²) in [6, 6.07) is 3.94. The van der Waals surface area contributed by atoms with E-state index in [9.17, 15) is 4.79 Å². The SMILES string of the molecule is O=C(NCCCNCc1cccnc1)C1=COCCO1. The van der Waals surface area contributed by atoms with Gasteiger partial charge < -0.3 is 20.1 Å². The Bertz CT molecular complexity index is 448. The van der Waals surface area contributed by atoms with Gasteiger partial charge >= 0.3 is 0 Å². The van der Waals surface area contributed by atoms with Crippen LogP contribution in [0.25, 0.3) is 0 Å². The quantitative estimate of drug-likeness (QED) is 0.713. The highest BCUT2D eigenvalue weighted by molar-refractivity contribution is 5.91. The maximum absolute atomic E-state index is 11.6. The first kappa shape index (κ1) is 14.3. The molecule has 20 heavy (non-hydrogen) atoms. The molecule has 0 fully saturated rings. The number of pyridine rings is 1. The Labute approximate surface area is 118 Å². The van der Waals surface area contributed by atoms with Gasteiger partial charge in [-0.1, -0.05) is 6.07 Å². The van der Waals surface area contributed by atoms with E-state index in [-0.39, 0.29) is 11.7 Å². The number of nitrogens with zero attached hydrogens (tertiary/aromatic N) is 1. The lowest BCUT2D eigenvalue weighted by Crippen LogP contribution is -2.30. The molecule has 0 aliphatic carbocycles. The molecule has 108 valence electrons. The number of rotatable bonds is 7. The van der Waals surface area contributed by atoms with Gasteiger partial charge in [-0.15, -0.1) is 0 Å². The van der Waals surface area contributed by atoms with E-state index in [1.807, 2.05) is 18.3 Å². The van der Waals surface area contributed by atoms with Crippen LogP contribution in [-0.4, -0.2) is 37.2 Å². The molecule has 1 aliphatic heterocycles. The Morgan fingerprint density at radius 2 is 2.30 bits per heavy atom. The summed E-state index contributed by atoms with van der Waals surface area (Å²) >= 11 is 0. The smallest absolute Gasteiger partial charge is 0.289 e. The predicted molar refractivity (Wildman–Crippen MR) is 73.6 cm³/mol. The third-order valence-corrected chi connectivity index (χ3v) is 2.74. The molecule has 0 radical (unpaired) electrons. The lowest BCUT2D eigenvalue weighted by molar-refractivity contribution is -0.122. The Kier molecular flexibility index (Phi) is 5.85. The van der Waals surface area contributed by atoms with E-state index in [1.54, 1.807) is 6.20 Å². The highest BCUT2D eigenvalue weighted by atomic mass is 16.6. The summed E-state index contributed by atoms with van der Waals surface area (Å²) in [6.07, 6.45) is 5.80. The van der Waals surface area contributed by atoms with Crippen molar-refractivity contribution in [2.24, 2.45) is 0 Å². The monoisotopic (exact) mass is 277 g/mol. The second-order valence-corrected chi connectivity index (χ2v) is 4.35. The van der Waals surface area contributed by atoms with Crippen molar-refractivity contribution >= 4 is 5.91 Å². The summed E-state index contributed by atoms with van der Waals surface area (Å²) in [5.74, 6) is 0.0246. The van der Waals surface area contributed by atoms with Gasteiger partial charge in [-0.05, 0) is 24.6 Å². The molecule has 6 heteroatoms. The standard InChI is InChI=1S/C14H19N3O3/c18-14(13-11-19-7-8-20-13)17-6-2-5-16-10-12-3-1-4-15-9-12/h1,3-4,9,11,16H,2,5-8,10H2,(H,17,18). The number of ether oxygens (including phenoxy) is 2. The molecule has 0 saturated heterocycles. The number of nitrogens with one attached hydrogen (secondary N) is 2. The molecule has 0 saturated carbocycles. The molecule has 1 aliphatic rings. The summed E-state index contributed by atoms with van der Waals surface area (Å²) < 4.78 is 10.2. The van der Waals surface area contributed by atoms with E-state index in [2.05, 4.69) is 15.6 Å². The largest absolute Gasteiger partial charge is 0.494 e. The zero-order chi connectivity index (χ0) is 14.0. The van der Waals surface area contributed by atoms with E-state index < -0.39 is 0 Å². The fourth-order valence-corrected chi connectivity index (χ4v) is 1.73. The van der Waals surface area contributed by atoms with E-state index in [1.165, 1.54) is 6.26 Å². The molecule has 0 unspecified atom stereocenters. The van der Waals surface area contributed by atoms with Crippen LogP contribution in [0.3, 0.4) is 0 Å². The summed E-state index contributed by atoms with van der Waals surface area (Å²) in [5.41, 5.74) is 1.15. The highest BCUT2D eigenvalue weighted by Crippen LogP contribution is 2.03. The third-order valence-electron chi connectivity index (χ3n) is 2.74. The first-order valence-corrected chi connectivity index (χ1v) is 6.68. The average molecular weight is 277 g/mol. The summed E-state index contributed by atoms with van der Waals surface area (Å²) in [5, 5.41) is 6.08. The lowest BCUT2D eigenvalue weighted by Gasteiger charge is -2.15. The molecule has 2 rings (SSSR count). The number of carbonyl (C=O) groups excluding carboxylic acids is 1. The van der Waals surface area contributed by atoms with Gasteiger partial charge in [0.1, 0.15) is 19.5 Å². The molecule has 6 nitrogen and oxygen atoms in total. The lowest BCUT2D eigenvalue weighted by atomic mass is 10.3. The maximum Gasteiger partial charge on any atom is 0.289 e. The number of carbonyl (C=O) groups is 1. The van der Waals surface area contributed by atoms with Crippen molar-refractivity contribution in [2.75, 3.05) is 26.3 Å². The molecule has 1 aromatic rings. The van der Waals surface area contributed by atoms with Crippen LogP contribution in [0.1, 0.15) is 12.0 Å².